The molecule has 0 aliphatic heterocycles. The first kappa shape index (κ1) is 10.6. The normalized spacial score (nSPS) is 14.9. The molecule has 0 amide bonds. The number of H-pyrrole nitrogens is 1. The van der Waals surface area contributed by atoms with Gasteiger partial charge in [-0.3, -0.25) is 0 Å². The van der Waals surface area contributed by atoms with Gasteiger partial charge in [0, 0.05) is 24.2 Å². The van der Waals surface area contributed by atoms with Gasteiger partial charge in [-0.1, -0.05) is 0 Å². The molecule has 0 aromatic carbocycles. The van der Waals surface area contributed by atoms with Crippen molar-refractivity contribution in [3.05, 3.63) is 30.1 Å². The highest BCUT2D eigenvalue weighted by molar-refractivity contribution is 5.82. The fourth-order valence-electron chi connectivity index (χ4n) is 1.61. The van der Waals surface area contributed by atoms with Gasteiger partial charge in [0.1, 0.15) is 5.65 Å². The number of fused-ring (bicyclic) bond motifs is 1. The molecule has 0 radical (unpaired) electrons. The van der Waals surface area contributed by atoms with Gasteiger partial charge in [-0.15, -0.1) is 0 Å². The number of pyridine rings is 1. The van der Waals surface area contributed by atoms with Crippen LogP contribution in [-0.2, 0) is 11.2 Å². The fourth-order valence-corrected chi connectivity index (χ4v) is 1.61. The molecule has 0 aliphatic rings. The predicted octanol–water partition coefficient (Wildman–Crippen LogP) is 0.941. The molecular weight excluding hydrogens is 208 g/mol. The second-order valence-electron chi connectivity index (χ2n) is 3.97. The minimum absolute atomic E-state index is 0.0496. The number of aromatic nitrogens is 2. The summed E-state index contributed by atoms with van der Waals surface area (Å²) in [5.41, 5.74) is -0.320. The summed E-state index contributed by atoms with van der Waals surface area (Å²) in [4.78, 5) is 17.8. The van der Waals surface area contributed by atoms with E-state index in [0.29, 0.717) is 5.65 Å². The molecule has 2 rings (SSSR count). The smallest absolute Gasteiger partial charge is 0.335 e. The van der Waals surface area contributed by atoms with Gasteiger partial charge in [-0.25, -0.2) is 9.78 Å². The van der Waals surface area contributed by atoms with Crippen LogP contribution in [0.3, 0.4) is 0 Å². The van der Waals surface area contributed by atoms with Gasteiger partial charge < -0.3 is 15.2 Å². The van der Waals surface area contributed by atoms with Crippen LogP contribution in [0.25, 0.3) is 11.0 Å². The molecule has 0 aliphatic carbocycles. The van der Waals surface area contributed by atoms with Crippen LogP contribution in [0.1, 0.15) is 12.5 Å². The zero-order chi connectivity index (χ0) is 11.8. The maximum absolute atomic E-state index is 10.8. The summed E-state index contributed by atoms with van der Waals surface area (Å²) >= 11 is 0. The molecule has 0 saturated heterocycles. The largest absolute Gasteiger partial charge is 0.479 e. The van der Waals surface area contributed by atoms with E-state index in [4.69, 9.17) is 5.11 Å². The third-order valence-electron chi connectivity index (χ3n) is 2.53. The highest BCUT2D eigenvalue weighted by Gasteiger charge is 2.30. The van der Waals surface area contributed by atoms with E-state index < -0.39 is 11.6 Å². The number of hydrogen-bond acceptors (Lipinski definition) is 3. The number of aromatic amines is 1. The van der Waals surface area contributed by atoms with Crippen LogP contribution in [0.5, 0.6) is 0 Å². The Bertz CT molecular complexity index is 531. The van der Waals surface area contributed by atoms with Crippen molar-refractivity contribution in [1.82, 2.24) is 9.97 Å². The molecule has 3 N–H and O–H groups in total. The van der Waals surface area contributed by atoms with E-state index in [-0.39, 0.29) is 6.42 Å². The average Bonchev–Trinajstić information content (AvgIpc) is 2.61. The van der Waals surface area contributed by atoms with E-state index in [1.54, 1.807) is 18.5 Å². The van der Waals surface area contributed by atoms with Gasteiger partial charge in [0.15, 0.2) is 5.60 Å². The van der Waals surface area contributed by atoms with Gasteiger partial charge in [-0.05, 0) is 24.6 Å². The Balaban J connectivity index is 2.38. The quantitative estimate of drug-likeness (QED) is 0.718. The molecule has 5 heteroatoms. The Labute approximate surface area is 91.8 Å². The van der Waals surface area contributed by atoms with E-state index in [9.17, 15) is 9.90 Å². The lowest BCUT2D eigenvalue weighted by molar-refractivity contribution is -0.156. The summed E-state index contributed by atoms with van der Waals surface area (Å²) in [5, 5.41) is 19.4. The van der Waals surface area contributed by atoms with Gasteiger partial charge in [0.25, 0.3) is 0 Å². The van der Waals surface area contributed by atoms with Crippen molar-refractivity contribution in [3.63, 3.8) is 0 Å². The minimum atomic E-state index is -1.76. The summed E-state index contributed by atoms with van der Waals surface area (Å²) in [6.45, 7) is 1.28. The van der Waals surface area contributed by atoms with Gasteiger partial charge in [0.05, 0.1) is 0 Å². The molecule has 2 aromatic rings. The Hall–Kier alpha value is -1.88. The maximum atomic E-state index is 10.8. The number of carboxylic acid groups (broad SMARTS) is 1. The number of nitrogens with zero attached hydrogens (tertiary/aromatic N) is 1. The number of nitrogens with one attached hydrogen (secondary N) is 1. The van der Waals surface area contributed by atoms with Crippen molar-refractivity contribution >= 4 is 17.0 Å². The Kier molecular flexibility index (Phi) is 2.40. The fraction of sp³-hybridized carbons (Fsp3) is 0.273. The summed E-state index contributed by atoms with van der Waals surface area (Å²) < 4.78 is 0. The standard InChI is InChI=1S/C11H12N2O3/c1-11(16,10(14)15)5-7-6-13-9-8(7)3-2-4-12-9/h2-4,6,16H,5H2,1H3,(H,12,13)(H,14,15). The Morgan fingerprint density at radius 2 is 2.38 bits per heavy atom. The van der Waals surface area contributed by atoms with Crippen LogP contribution >= 0.6 is 0 Å². The zero-order valence-electron chi connectivity index (χ0n) is 8.77. The molecule has 2 heterocycles. The van der Waals surface area contributed by atoms with E-state index in [2.05, 4.69) is 9.97 Å². The lowest BCUT2D eigenvalue weighted by atomic mass is 9.97. The number of carboxylic acids is 1. The van der Waals surface area contributed by atoms with Crippen molar-refractivity contribution < 1.29 is 15.0 Å². The first-order valence-electron chi connectivity index (χ1n) is 4.87. The van der Waals surface area contributed by atoms with E-state index in [1.165, 1.54) is 6.92 Å². The molecule has 0 saturated carbocycles. The summed E-state index contributed by atoms with van der Waals surface area (Å²) in [6.07, 6.45) is 3.38. The lowest BCUT2D eigenvalue weighted by Crippen LogP contribution is -2.37. The van der Waals surface area contributed by atoms with Gasteiger partial charge in [-0.2, -0.15) is 0 Å². The van der Waals surface area contributed by atoms with Crippen molar-refractivity contribution in [2.45, 2.75) is 18.9 Å². The lowest BCUT2D eigenvalue weighted by Gasteiger charge is -2.16. The molecular formula is C11H12N2O3. The second-order valence-corrected chi connectivity index (χ2v) is 3.97. The van der Waals surface area contributed by atoms with Gasteiger partial charge >= 0.3 is 5.97 Å². The third-order valence-corrected chi connectivity index (χ3v) is 2.53. The molecule has 1 atom stereocenters. The number of aliphatic hydroxyl groups is 1. The van der Waals surface area contributed by atoms with E-state index in [0.717, 1.165) is 10.9 Å². The summed E-state index contributed by atoms with van der Waals surface area (Å²) in [7, 11) is 0. The van der Waals surface area contributed by atoms with Crippen molar-refractivity contribution in [1.29, 1.82) is 0 Å². The molecule has 0 spiro atoms. The monoisotopic (exact) mass is 220 g/mol. The molecule has 0 fully saturated rings. The minimum Gasteiger partial charge on any atom is -0.479 e. The van der Waals surface area contributed by atoms with Crippen molar-refractivity contribution in [2.75, 3.05) is 0 Å². The molecule has 16 heavy (non-hydrogen) atoms. The Morgan fingerprint density at radius 3 is 3.06 bits per heavy atom. The van der Waals surface area contributed by atoms with Crippen LogP contribution in [0.15, 0.2) is 24.5 Å². The number of carbonyl (C=O) groups is 1. The second kappa shape index (κ2) is 3.61. The van der Waals surface area contributed by atoms with Crippen molar-refractivity contribution in [2.24, 2.45) is 0 Å². The first-order chi connectivity index (χ1) is 7.50. The number of rotatable bonds is 3. The molecule has 2 aromatic heterocycles. The van der Waals surface area contributed by atoms with Crippen LogP contribution in [0, 0.1) is 0 Å². The van der Waals surface area contributed by atoms with Crippen molar-refractivity contribution in [3.8, 4) is 0 Å². The van der Waals surface area contributed by atoms with Crippen LogP contribution in [0.4, 0.5) is 0 Å². The molecule has 1 unspecified atom stereocenters. The maximum Gasteiger partial charge on any atom is 0.335 e. The SMILES string of the molecule is CC(O)(Cc1c[nH]c2ncccc12)C(=O)O. The zero-order valence-corrected chi connectivity index (χ0v) is 8.77. The van der Waals surface area contributed by atoms with Crippen LogP contribution in [0.2, 0.25) is 0 Å². The summed E-state index contributed by atoms with van der Waals surface area (Å²) in [5.74, 6) is -1.23. The topological polar surface area (TPSA) is 86.2 Å². The van der Waals surface area contributed by atoms with Gasteiger partial charge in [0.2, 0.25) is 0 Å². The predicted molar refractivity (Wildman–Crippen MR) is 58.1 cm³/mol. The molecule has 5 nitrogen and oxygen atoms in total. The highest BCUT2D eigenvalue weighted by atomic mass is 16.4. The van der Waals surface area contributed by atoms with E-state index >= 15 is 0 Å². The number of aliphatic carboxylic acids is 1. The summed E-state index contributed by atoms with van der Waals surface area (Å²) in [6, 6.07) is 3.61. The highest BCUT2D eigenvalue weighted by Crippen LogP contribution is 2.21. The van der Waals surface area contributed by atoms with E-state index in [1.807, 2.05) is 6.07 Å². The number of hydrogen-bond donors (Lipinski definition) is 3. The Morgan fingerprint density at radius 1 is 1.62 bits per heavy atom. The first-order valence-corrected chi connectivity index (χ1v) is 4.87. The third kappa shape index (κ3) is 1.77. The molecule has 0 bridgehead atoms. The van der Waals surface area contributed by atoms with Crippen LogP contribution < -0.4 is 0 Å². The average molecular weight is 220 g/mol. The molecule has 84 valence electrons. The van der Waals surface area contributed by atoms with Crippen LogP contribution in [-0.4, -0.2) is 31.8 Å².